The highest BCUT2D eigenvalue weighted by Crippen LogP contribution is 2.25. The molecule has 0 aromatic carbocycles. The third kappa shape index (κ3) is 4.90. The zero-order valence-electron chi connectivity index (χ0n) is 11.5. The number of carbonyl (C=O) groups excluding carboxylic acids is 2. The third-order valence-corrected chi connectivity index (χ3v) is 3.47. The van der Waals surface area contributed by atoms with Crippen LogP contribution in [0, 0.1) is 0 Å². The van der Waals surface area contributed by atoms with Crippen molar-refractivity contribution < 1.29 is 14.3 Å². The minimum absolute atomic E-state index is 0.0807. The summed E-state index contributed by atoms with van der Waals surface area (Å²) in [6.07, 6.45) is 1.93. The smallest absolute Gasteiger partial charge is 0.306 e. The monoisotopic (exact) mass is 282 g/mol. The molecule has 0 aliphatic heterocycles. The number of ether oxygens (including phenoxy) is 1. The summed E-state index contributed by atoms with van der Waals surface area (Å²) in [5.41, 5.74) is 0.403. The first kappa shape index (κ1) is 15.5. The van der Waals surface area contributed by atoms with Gasteiger partial charge < -0.3 is 9.64 Å². The van der Waals surface area contributed by atoms with E-state index in [1.165, 1.54) is 23.8 Å². The van der Waals surface area contributed by atoms with Crippen molar-refractivity contribution in [3.05, 3.63) is 24.0 Å². The summed E-state index contributed by atoms with van der Waals surface area (Å²) < 4.78 is 4.63. The van der Waals surface area contributed by atoms with Crippen LogP contribution in [0.5, 0.6) is 0 Å². The van der Waals surface area contributed by atoms with Crippen LogP contribution in [0.25, 0.3) is 0 Å². The van der Waals surface area contributed by atoms with Crippen molar-refractivity contribution in [1.29, 1.82) is 0 Å². The van der Waals surface area contributed by atoms with Crippen molar-refractivity contribution in [2.24, 2.45) is 0 Å². The van der Waals surface area contributed by atoms with Gasteiger partial charge in [0.1, 0.15) is 5.69 Å². The second kappa shape index (κ2) is 7.13. The van der Waals surface area contributed by atoms with Crippen molar-refractivity contribution in [3.63, 3.8) is 0 Å². The number of nitrogens with zero attached hydrogens (tertiary/aromatic N) is 2. The van der Waals surface area contributed by atoms with Gasteiger partial charge in [-0.2, -0.15) is 0 Å². The van der Waals surface area contributed by atoms with E-state index >= 15 is 0 Å². The highest BCUT2D eigenvalue weighted by Gasteiger charge is 2.13. The van der Waals surface area contributed by atoms with Crippen LogP contribution in [0.2, 0.25) is 0 Å². The van der Waals surface area contributed by atoms with E-state index in [0.717, 1.165) is 4.90 Å². The SMILES string of the molecule is COC(=O)CC(C)Sc1ccnc(C(=O)N(C)C)c1. The Balaban J connectivity index is 2.72. The molecule has 6 heteroatoms. The standard InChI is InChI=1S/C13H18N2O3S/c1-9(7-12(16)18-4)19-10-5-6-14-11(8-10)13(17)15(2)3/h5-6,8-9H,7H2,1-4H3. The van der Waals surface area contributed by atoms with E-state index in [1.807, 2.05) is 13.0 Å². The number of esters is 1. The molecule has 0 aliphatic rings. The molecule has 5 nitrogen and oxygen atoms in total. The Morgan fingerprint density at radius 3 is 2.74 bits per heavy atom. The molecule has 1 aromatic heterocycles. The van der Waals surface area contributed by atoms with E-state index in [0.29, 0.717) is 12.1 Å². The van der Waals surface area contributed by atoms with E-state index in [9.17, 15) is 9.59 Å². The number of aromatic nitrogens is 1. The largest absolute Gasteiger partial charge is 0.469 e. The second-order valence-electron chi connectivity index (χ2n) is 4.29. The Bertz CT molecular complexity index is 463. The fourth-order valence-corrected chi connectivity index (χ4v) is 2.43. The molecule has 1 atom stereocenters. The molecular formula is C13H18N2O3S. The van der Waals surface area contributed by atoms with Crippen molar-refractivity contribution in [1.82, 2.24) is 9.88 Å². The van der Waals surface area contributed by atoms with E-state index in [1.54, 1.807) is 26.4 Å². The normalized spacial score (nSPS) is 11.8. The molecule has 0 bridgehead atoms. The van der Waals surface area contributed by atoms with Crippen LogP contribution in [0.15, 0.2) is 23.2 Å². The maximum absolute atomic E-state index is 11.8. The van der Waals surface area contributed by atoms with Crippen LogP contribution in [-0.4, -0.2) is 48.2 Å². The Morgan fingerprint density at radius 2 is 2.16 bits per heavy atom. The molecule has 0 spiro atoms. The van der Waals surface area contributed by atoms with Crippen LogP contribution in [0.4, 0.5) is 0 Å². The first-order valence-corrected chi connectivity index (χ1v) is 6.73. The predicted octanol–water partition coefficient (Wildman–Crippen LogP) is 1.83. The average molecular weight is 282 g/mol. The van der Waals surface area contributed by atoms with Gasteiger partial charge in [0, 0.05) is 30.4 Å². The molecule has 0 radical (unpaired) electrons. The Morgan fingerprint density at radius 1 is 1.47 bits per heavy atom. The van der Waals surface area contributed by atoms with Crippen LogP contribution in [0.1, 0.15) is 23.8 Å². The van der Waals surface area contributed by atoms with Gasteiger partial charge in [-0.3, -0.25) is 14.6 Å². The Hall–Kier alpha value is -1.56. The molecule has 0 aliphatic carbocycles. The van der Waals surface area contributed by atoms with Gasteiger partial charge in [-0.1, -0.05) is 6.92 Å². The number of amides is 1. The Labute approximate surface area is 117 Å². The molecular weight excluding hydrogens is 264 g/mol. The summed E-state index contributed by atoms with van der Waals surface area (Å²) in [5.74, 6) is -0.373. The number of pyridine rings is 1. The van der Waals surface area contributed by atoms with E-state index in [4.69, 9.17) is 0 Å². The fourth-order valence-electron chi connectivity index (χ4n) is 1.42. The zero-order valence-corrected chi connectivity index (χ0v) is 12.4. The van der Waals surface area contributed by atoms with E-state index < -0.39 is 0 Å². The van der Waals surface area contributed by atoms with Crippen LogP contribution < -0.4 is 0 Å². The lowest BCUT2D eigenvalue weighted by molar-refractivity contribution is -0.140. The molecule has 0 saturated carbocycles. The maximum Gasteiger partial charge on any atom is 0.306 e. The second-order valence-corrected chi connectivity index (χ2v) is 5.80. The molecule has 1 unspecified atom stereocenters. The number of hydrogen-bond donors (Lipinski definition) is 0. The van der Waals surface area contributed by atoms with Gasteiger partial charge in [-0.25, -0.2) is 0 Å². The van der Waals surface area contributed by atoms with Crippen molar-refractivity contribution in [3.8, 4) is 0 Å². The number of carbonyl (C=O) groups is 2. The minimum Gasteiger partial charge on any atom is -0.469 e. The van der Waals surface area contributed by atoms with E-state index in [2.05, 4.69) is 9.72 Å². The maximum atomic E-state index is 11.8. The first-order chi connectivity index (χ1) is 8.93. The molecule has 0 fully saturated rings. The summed E-state index contributed by atoms with van der Waals surface area (Å²) in [7, 11) is 4.74. The van der Waals surface area contributed by atoms with Crippen LogP contribution in [-0.2, 0) is 9.53 Å². The van der Waals surface area contributed by atoms with Gasteiger partial charge in [0.2, 0.25) is 0 Å². The van der Waals surface area contributed by atoms with Crippen molar-refractivity contribution >= 4 is 23.6 Å². The van der Waals surface area contributed by atoms with Crippen molar-refractivity contribution in [2.75, 3.05) is 21.2 Å². The summed E-state index contributed by atoms with van der Waals surface area (Å²) >= 11 is 1.52. The Kier molecular flexibility index (Phi) is 5.82. The van der Waals surface area contributed by atoms with Crippen LogP contribution in [0.3, 0.4) is 0 Å². The highest BCUT2D eigenvalue weighted by atomic mass is 32.2. The van der Waals surface area contributed by atoms with Crippen LogP contribution >= 0.6 is 11.8 Å². The summed E-state index contributed by atoms with van der Waals surface area (Å²) in [5, 5.41) is 0.0807. The number of hydrogen-bond acceptors (Lipinski definition) is 5. The van der Waals surface area contributed by atoms with Gasteiger partial charge in [0.05, 0.1) is 13.5 Å². The lowest BCUT2D eigenvalue weighted by Gasteiger charge is -2.12. The predicted molar refractivity (Wildman–Crippen MR) is 74.2 cm³/mol. The molecule has 0 N–H and O–H groups in total. The molecule has 1 aromatic rings. The zero-order chi connectivity index (χ0) is 14.4. The summed E-state index contributed by atoms with van der Waals surface area (Å²) in [6, 6.07) is 3.56. The minimum atomic E-state index is -0.237. The fraction of sp³-hybridized carbons (Fsp3) is 0.462. The van der Waals surface area contributed by atoms with Gasteiger partial charge in [0.25, 0.3) is 5.91 Å². The van der Waals surface area contributed by atoms with E-state index in [-0.39, 0.29) is 17.1 Å². The molecule has 104 valence electrons. The van der Waals surface area contributed by atoms with Gasteiger partial charge in [-0.05, 0) is 12.1 Å². The summed E-state index contributed by atoms with van der Waals surface area (Å²) in [6.45, 7) is 1.94. The lowest BCUT2D eigenvalue weighted by Crippen LogP contribution is -2.22. The number of rotatable bonds is 5. The molecule has 0 saturated heterocycles. The quantitative estimate of drug-likeness (QED) is 0.609. The first-order valence-electron chi connectivity index (χ1n) is 5.85. The highest BCUT2D eigenvalue weighted by molar-refractivity contribution is 8.00. The number of thioether (sulfide) groups is 1. The third-order valence-electron chi connectivity index (χ3n) is 2.38. The molecule has 1 heterocycles. The average Bonchev–Trinajstić information content (AvgIpc) is 2.37. The topological polar surface area (TPSA) is 59.5 Å². The van der Waals surface area contributed by atoms with Crippen molar-refractivity contribution in [2.45, 2.75) is 23.5 Å². The van der Waals surface area contributed by atoms with Gasteiger partial charge in [0.15, 0.2) is 0 Å². The molecule has 1 rings (SSSR count). The van der Waals surface area contributed by atoms with Gasteiger partial charge in [-0.15, -0.1) is 11.8 Å². The lowest BCUT2D eigenvalue weighted by atomic mass is 10.3. The van der Waals surface area contributed by atoms with Gasteiger partial charge >= 0.3 is 5.97 Å². The molecule has 1 amide bonds. The molecule has 19 heavy (non-hydrogen) atoms. The number of methoxy groups -OCH3 is 1. The summed E-state index contributed by atoms with van der Waals surface area (Å²) in [4.78, 5) is 29.4.